The molecule has 16 heavy (non-hydrogen) atoms. The van der Waals surface area contributed by atoms with Crippen LogP contribution >= 0.6 is 11.6 Å². The first-order valence-corrected chi connectivity index (χ1v) is 5.23. The molecule has 1 amide bonds. The van der Waals surface area contributed by atoms with Gasteiger partial charge in [-0.15, -0.1) is 0 Å². The number of rotatable bonds is 3. The molecule has 0 aromatic heterocycles. The van der Waals surface area contributed by atoms with E-state index in [1.54, 1.807) is 24.3 Å². The van der Waals surface area contributed by atoms with Gasteiger partial charge in [-0.1, -0.05) is 11.6 Å². The van der Waals surface area contributed by atoms with Crippen LogP contribution in [0.2, 0.25) is 5.02 Å². The highest BCUT2D eigenvalue weighted by Gasteiger charge is 2.57. The molecule has 4 nitrogen and oxygen atoms in total. The first-order chi connectivity index (χ1) is 7.54. The maximum Gasteiger partial charge on any atom is 0.319 e. The number of carbonyl (C=O) groups excluding carboxylic acids is 1. The summed E-state index contributed by atoms with van der Waals surface area (Å²) in [5.74, 6) is -1.51. The highest BCUT2D eigenvalue weighted by molar-refractivity contribution is 6.30. The van der Waals surface area contributed by atoms with Crippen LogP contribution in [-0.2, 0) is 9.59 Å². The van der Waals surface area contributed by atoms with Gasteiger partial charge in [0.05, 0.1) is 0 Å². The highest BCUT2D eigenvalue weighted by atomic mass is 35.5. The van der Waals surface area contributed by atoms with Crippen molar-refractivity contribution in [3.63, 3.8) is 0 Å². The minimum absolute atomic E-state index is 0.405. The molecule has 1 aromatic rings. The van der Waals surface area contributed by atoms with E-state index in [0.717, 1.165) is 0 Å². The molecule has 0 saturated heterocycles. The molecule has 0 unspecified atom stereocenters. The molecule has 1 fully saturated rings. The van der Waals surface area contributed by atoms with Gasteiger partial charge in [0.2, 0.25) is 5.91 Å². The lowest BCUT2D eigenvalue weighted by atomic mass is 10.1. The van der Waals surface area contributed by atoms with Gasteiger partial charge in [0.15, 0.2) is 0 Å². The van der Waals surface area contributed by atoms with Crippen molar-refractivity contribution < 1.29 is 14.7 Å². The zero-order chi connectivity index (χ0) is 11.8. The van der Waals surface area contributed by atoms with E-state index in [2.05, 4.69) is 5.32 Å². The number of nitrogens with one attached hydrogen (secondary N) is 1. The maximum atomic E-state index is 11.7. The number of benzene rings is 1. The summed E-state index contributed by atoms with van der Waals surface area (Å²) in [4.78, 5) is 22.6. The minimum Gasteiger partial charge on any atom is -0.480 e. The zero-order valence-corrected chi connectivity index (χ0v) is 9.12. The van der Waals surface area contributed by atoms with E-state index in [-0.39, 0.29) is 0 Å². The lowest BCUT2D eigenvalue weighted by Gasteiger charge is -2.10. The molecule has 1 aliphatic carbocycles. The molecule has 0 spiro atoms. The van der Waals surface area contributed by atoms with Crippen LogP contribution in [0.1, 0.15) is 12.8 Å². The number of anilines is 1. The predicted molar refractivity (Wildman–Crippen MR) is 59.4 cm³/mol. The van der Waals surface area contributed by atoms with Gasteiger partial charge in [-0.25, -0.2) is 0 Å². The molecule has 2 rings (SSSR count). The van der Waals surface area contributed by atoms with Crippen LogP contribution in [0.15, 0.2) is 24.3 Å². The fourth-order valence-electron chi connectivity index (χ4n) is 1.45. The molecule has 1 aromatic carbocycles. The first-order valence-electron chi connectivity index (χ1n) is 4.85. The monoisotopic (exact) mass is 239 g/mol. The van der Waals surface area contributed by atoms with Gasteiger partial charge in [0, 0.05) is 10.7 Å². The number of amides is 1. The Morgan fingerprint density at radius 3 is 2.25 bits per heavy atom. The van der Waals surface area contributed by atoms with Gasteiger partial charge in [0.1, 0.15) is 5.41 Å². The molecule has 0 bridgehead atoms. The molecule has 0 atom stereocenters. The Hall–Kier alpha value is -1.55. The second kappa shape index (κ2) is 3.79. The summed E-state index contributed by atoms with van der Waals surface area (Å²) in [6.07, 6.45) is 0.809. The normalized spacial score (nSPS) is 16.6. The quantitative estimate of drug-likeness (QED) is 0.795. The Morgan fingerprint density at radius 1 is 1.25 bits per heavy atom. The van der Waals surface area contributed by atoms with E-state index in [9.17, 15) is 9.59 Å². The van der Waals surface area contributed by atoms with Crippen molar-refractivity contribution in [2.45, 2.75) is 12.8 Å². The zero-order valence-electron chi connectivity index (χ0n) is 8.37. The topological polar surface area (TPSA) is 66.4 Å². The fraction of sp³-hybridized carbons (Fsp3) is 0.273. The Kier molecular flexibility index (Phi) is 2.59. The summed E-state index contributed by atoms with van der Waals surface area (Å²) in [6.45, 7) is 0. The average Bonchev–Trinajstić information content (AvgIpc) is 3.02. The largest absolute Gasteiger partial charge is 0.480 e. The maximum absolute atomic E-state index is 11.7. The van der Waals surface area contributed by atoms with Gasteiger partial charge in [-0.2, -0.15) is 0 Å². The fourth-order valence-corrected chi connectivity index (χ4v) is 1.57. The molecular formula is C11H10ClNO3. The van der Waals surface area contributed by atoms with E-state index in [0.29, 0.717) is 23.6 Å². The molecule has 0 radical (unpaired) electrons. The van der Waals surface area contributed by atoms with Gasteiger partial charge >= 0.3 is 5.97 Å². The highest BCUT2D eigenvalue weighted by Crippen LogP contribution is 2.46. The lowest BCUT2D eigenvalue weighted by Crippen LogP contribution is -2.31. The molecular weight excluding hydrogens is 230 g/mol. The smallest absolute Gasteiger partial charge is 0.319 e. The van der Waals surface area contributed by atoms with Gasteiger partial charge < -0.3 is 10.4 Å². The van der Waals surface area contributed by atoms with E-state index in [4.69, 9.17) is 16.7 Å². The summed E-state index contributed by atoms with van der Waals surface area (Å²) < 4.78 is 0. The van der Waals surface area contributed by atoms with Crippen molar-refractivity contribution in [2.24, 2.45) is 5.41 Å². The van der Waals surface area contributed by atoms with Crippen LogP contribution in [0.5, 0.6) is 0 Å². The predicted octanol–water partition coefficient (Wildman–Crippen LogP) is 2.14. The summed E-state index contributed by atoms with van der Waals surface area (Å²) in [5.41, 5.74) is -0.651. The Morgan fingerprint density at radius 2 is 1.81 bits per heavy atom. The Bertz CT molecular complexity index is 437. The molecule has 2 N–H and O–H groups in total. The molecule has 1 saturated carbocycles. The second-order valence-corrected chi connectivity index (χ2v) is 4.28. The first kappa shape index (κ1) is 11.0. The standard InChI is InChI=1S/C11H10ClNO3/c12-7-1-3-8(4-2-7)13-9(14)11(5-6-11)10(15)16/h1-4H,5-6H2,(H,13,14)(H,15,16). The van der Waals surface area contributed by atoms with E-state index >= 15 is 0 Å². The summed E-state index contributed by atoms with van der Waals surface area (Å²) in [5, 5.41) is 12.1. The SMILES string of the molecule is O=C(O)C1(C(=O)Nc2ccc(Cl)cc2)CC1. The van der Waals surface area contributed by atoms with Crippen LogP contribution in [0.25, 0.3) is 0 Å². The van der Waals surface area contributed by atoms with Crippen LogP contribution in [0.3, 0.4) is 0 Å². The second-order valence-electron chi connectivity index (χ2n) is 3.85. The number of halogens is 1. The van der Waals surface area contributed by atoms with Crippen LogP contribution in [0.4, 0.5) is 5.69 Å². The molecule has 84 valence electrons. The van der Waals surface area contributed by atoms with E-state index in [1.807, 2.05) is 0 Å². The summed E-state index contributed by atoms with van der Waals surface area (Å²) in [7, 11) is 0. The summed E-state index contributed by atoms with van der Waals surface area (Å²) in [6, 6.07) is 6.55. The van der Waals surface area contributed by atoms with Gasteiger partial charge in [0.25, 0.3) is 0 Å². The Balaban J connectivity index is 2.08. The summed E-state index contributed by atoms with van der Waals surface area (Å²) >= 11 is 5.69. The number of carboxylic acids is 1. The van der Waals surface area contributed by atoms with Crippen molar-refractivity contribution in [1.29, 1.82) is 0 Å². The van der Waals surface area contributed by atoms with Gasteiger partial charge in [-0.3, -0.25) is 9.59 Å². The average molecular weight is 240 g/mol. The van der Waals surface area contributed by atoms with E-state index in [1.165, 1.54) is 0 Å². The van der Waals surface area contributed by atoms with E-state index < -0.39 is 17.3 Å². The number of carboxylic acid groups (broad SMARTS) is 1. The van der Waals surface area contributed by atoms with Crippen molar-refractivity contribution in [2.75, 3.05) is 5.32 Å². The third-order valence-corrected chi connectivity index (χ3v) is 2.95. The molecule has 1 aliphatic rings. The number of carbonyl (C=O) groups is 2. The number of aliphatic carboxylic acids is 1. The Labute approximate surface area is 97.2 Å². The van der Waals surface area contributed by atoms with Crippen LogP contribution < -0.4 is 5.32 Å². The third-order valence-electron chi connectivity index (χ3n) is 2.70. The molecule has 5 heteroatoms. The van der Waals surface area contributed by atoms with Gasteiger partial charge in [-0.05, 0) is 37.1 Å². The molecule has 0 heterocycles. The third kappa shape index (κ3) is 1.88. The van der Waals surface area contributed by atoms with Crippen molar-refractivity contribution >= 4 is 29.2 Å². The lowest BCUT2D eigenvalue weighted by molar-refractivity contribution is -0.147. The molecule has 0 aliphatic heterocycles. The van der Waals surface area contributed by atoms with Crippen molar-refractivity contribution in [1.82, 2.24) is 0 Å². The van der Waals surface area contributed by atoms with Crippen molar-refractivity contribution in [3.8, 4) is 0 Å². The van der Waals surface area contributed by atoms with Crippen molar-refractivity contribution in [3.05, 3.63) is 29.3 Å². The minimum atomic E-state index is -1.21. The van der Waals surface area contributed by atoms with Crippen LogP contribution in [-0.4, -0.2) is 17.0 Å². The number of hydrogen-bond acceptors (Lipinski definition) is 2. The van der Waals surface area contributed by atoms with Crippen LogP contribution in [0, 0.1) is 5.41 Å². The number of hydrogen-bond donors (Lipinski definition) is 2.